The van der Waals surface area contributed by atoms with Crippen LogP contribution in [0, 0.1) is 0 Å². The first-order valence-corrected chi connectivity index (χ1v) is 5.78. The minimum absolute atomic E-state index is 0.132. The van der Waals surface area contributed by atoms with Gasteiger partial charge in [-0.05, 0) is 0 Å². The van der Waals surface area contributed by atoms with Crippen LogP contribution in [0.2, 0.25) is 0 Å². The summed E-state index contributed by atoms with van der Waals surface area (Å²) >= 11 is 0. The van der Waals surface area contributed by atoms with E-state index in [4.69, 9.17) is 0 Å². The lowest BCUT2D eigenvalue weighted by atomic mass is 10.7. The minimum Gasteiger partial charge on any atom is -0.360 e. The molecule has 1 rings (SSSR count). The van der Waals surface area contributed by atoms with Gasteiger partial charge in [-0.1, -0.05) is 0 Å². The molecule has 0 aliphatic heterocycles. The van der Waals surface area contributed by atoms with Crippen LogP contribution < -0.4 is 4.18 Å². The standard InChI is InChI=1S/C7H11N3O4S/c1-9(2)7(11)10-5-4-6(8-10)14-15(3,12)13/h4-5H,1-3H3. The lowest BCUT2D eigenvalue weighted by Crippen LogP contribution is -2.27. The summed E-state index contributed by atoms with van der Waals surface area (Å²) in [4.78, 5) is 12.6. The van der Waals surface area contributed by atoms with Gasteiger partial charge in [0.2, 0.25) is 0 Å². The molecule has 1 heterocycles. The smallest absolute Gasteiger partial charge is 0.344 e. The second kappa shape index (κ2) is 3.89. The quantitative estimate of drug-likeness (QED) is 0.658. The molecule has 0 fully saturated rings. The number of aromatic nitrogens is 2. The Morgan fingerprint density at radius 3 is 2.60 bits per heavy atom. The highest BCUT2D eigenvalue weighted by Crippen LogP contribution is 2.08. The van der Waals surface area contributed by atoms with Crippen molar-refractivity contribution in [2.45, 2.75) is 0 Å². The monoisotopic (exact) mass is 233 g/mol. The minimum atomic E-state index is -3.61. The third kappa shape index (κ3) is 3.24. The highest BCUT2D eigenvalue weighted by molar-refractivity contribution is 7.86. The van der Waals surface area contributed by atoms with Gasteiger partial charge in [-0.3, -0.25) is 0 Å². The highest BCUT2D eigenvalue weighted by Gasteiger charge is 2.12. The van der Waals surface area contributed by atoms with Crippen LogP contribution in [-0.2, 0) is 10.1 Å². The molecule has 0 aliphatic rings. The topological polar surface area (TPSA) is 81.5 Å². The maximum absolute atomic E-state index is 11.3. The molecular weight excluding hydrogens is 222 g/mol. The van der Waals surface area contributed by atoms with Crippen molar-refractivity contribution >= 4 is 16.1 Å². The van der Waals surface area contributed by atoms with Crippen molar-refractivity contribution in [1.29, 1.82) is 0 Å². The summed E-state index contributed by atoms with van der Waals surface area (Å²) in [6.45, 7) is 0. The van der Waals surface area contributed by atoms with Gasteiger partial charge in [-0.25, -0.2) is 4.79 Å². The van der Waals surface area contributed by atoms with E-state index < -0.39 is 16.1 Å². The van der Waals surface area contributed by atoms with E-state index >= 15 is 0 Å². The molecule has 0 radical (unpaired) electrons. The summed E-state index contributed by atoms with van der Waals surface area (Å²) in [6, 6.07) is 0.904. The lowest BCUT2D eigenvalue weighted by molar-refractivity contribution is 0.215. The zero-order chi connectivity index (χ0) is 11.6. The van der Waals surface area contributed by atoms with Crippen molar-refractivity contribution in [2.24, 2.45) is 0 Å². The third-order valence-electron chi connectivity index (χ3n) is 1.38. The molecule has 7 nitrogen and oxygen atoms in total. The zero-order valence-electron chi connectivity index (χ0n) is 8.54. The number of carbonyl (C=O) groups is 1. The molecule has 0 atom stereocenters. The van der Waals surface area contributed by atoms with Crippen LogP contribution in [0.3, 0.4) is 0 Å². The first kappa shape index (κ1) is 11.5. The van der Waals surface area contributed by atoms with E-state index in [-0.39, 0.29) is 5.88 Å². The summed E-state index contributed by atoms with van der Waals surface area (Å²) in [7, 11) is -0.497. The number of rotatable bonds is 2. The molecule has 15 heavy (non-hydrogen) atoms. The molecule has 0 aromatic carbocycles. The number of amides is 1. The Balaban J connectivity index is 2.86. The van der Waals surface area contributed by atoms with Crippen molar-refractivity contribution in [1.82, 2.24) is 14.7 Å². The SMILES string of the molecule is CN(C)C(=O)n1ccc(OS(C)(=O)=O)n1. The average Bonchev–Trinajstić information content (AvgIpc) is 2.48. The first-order chi connectivity index (χ1) is 6.79. The molecule has 0 saturated heterocycles. The number of nitrogens with zero attached hydrogens (tertiary/aromatic N) is 3. The Morgan fingerprint density at radius 2 is 2.13 bits per heavy atom. The van der Waals surface area contributed by atoms with Crippen molar-refractivity contribution in [3.05, 3.63) is 12.3 Å². The van der Waals surface area contributed by atoms with Crippen LogP contribution in [0.25, 0.3) is 0 Å². The molecule has 8 heteroatoms. The molecule has 0 unspecified atom stereocenters. The van der Waals surface area contributed by atoms with E-state index in [0.29, 0.717) is 0 Å². The van der Waals surface area contributed by atoms with Gasteiger partial charge in [-0.2, -0.15) is 13.1 Å². The Morgan fingerprint density at radius 1 is 1.53 bits per heavy atom. The summed E-state index contributed by atoms with van der Waals surface area (Å²) in [5.41, 5.74) is 0. The second-order valence-electron chi connectivity index (χ2n) is 3.06. The molecule has 0 spiro atoms. The Labute approximate surface area is 87.4 Å². The van der Waals surface area contributed by atoms with Crippen LogP contribution in [0.1, 0.15) is 0 Å². The molecule has 84 valence electrons. The van der Waals surface area contributed by atoms with Crippen LogP contribution in [0.15, 0.2) is 12.3 Å². The number of carbonyl (C=O) groups excluding carboxylic acids is 1. The maximum atomic E-state index is 11.3. The van der Waals surface area contributed by atoms with E-state index in [1.165, 1.54) is 17.2 Å². The van der Waals surface area contributed by atoms with Crippen molar-refractivity contribution in [3.63, 3.8) is 0 Å². The molecule has 0 N–H and O–H groups in total. The molecule has 0 bridgehead atoms. The molecular formula is C7H11N3O4S. The predicted molar refractivity (Wildman–Crippen MR) is 52.2 cm³/mol. The van der Waals surface area contributed by atoms with Crippen LogP contribution in [-0.4, -0.2) is 49.5 Å². The van der Waals surface area contributed by atoms with Gasteiger partial charge in [0.25, 0.3) is 5.88 Å². The van der Waals surface area contributed by atoms with Gasteiger partial charge in [-0.15, -0.1) is 5.10 Å². The summed E-state index contributed by atoms with van der Waals surface area (Å²) in [5.74, 6) is -0.132. The van der Waals surface area contributed by atoms with Gasteiger partial charge >= 0.3 is 16.1 Å². The molecule has 1 aromatic rings. The normalized spacial score (nSPS) is 11.1. The summed E-state index contributed by atoms with van der Waals surface area (Å²) < 4.78 is 27.0. The molecule has 1 amide bonds. The van der Waals surface area contributed by atoms with E-state index in [0.717, 1.165) is 10.9 Å². The second-order valence-corrected chi connectivity index (χ2v) is 4.64. The van der Waals surface area contributed by atoms with Gasteiger partial charge in [0.15, 0.2) is 0 Å². The fourth-order valence-corrected chi connectivity index (χ4v) is 1.22. The Bertz CT molecular complexity index is 462. The highest BCUT2D eigenvalue weighted by atomic mass is 32.2. The van der Waals surface area contributed by atoms with E-state index in [1.54, 1.807) is 14.1 Å². The van der Waals surface area contributed by atoms with Crippen molar-refractivity contribution in [2.75, 3.05) is 20.4 Å². The van der Waals surface area contributed by atoms with E-state index in [9.17, 15) is 13.2 Å². The zero-order valence-corrected chi connectivity index (χ0v) is 9.35. The fourth-order valence-electron chi connectivity index (χ4n) is 0.818. The third-order valence-corrected chi connectivity index (χ3v) is 1.85. The lowest BCUT2D eigenvalue weighted by Gasteiger charge is -2.08. The first-order valence-electron chi connectivity index (χ1n) is 3.96. The molecule has 0 aliphatic carbocycles. The fraction of sp³-hybridized carbons (Fsp3) is 0.429. The molecule has 0 saturated carbocycles. The molecule has 1 aromatic heterocycles. The van der Waals surface area contributed by atoms with E-state index in [1.807, 2.05) is 0 Å². The number of hydrogen-bond donors (Lipinski definition) is 0. The summed E-state index contributed by atoms with van der Waals surface area (Å²) in [5, 5.41) is 3.64. The van der Waals surface area contributed by atoms with Crippen LogP contribution >= 0.6 is 0 Å². The van der Waals surface area contributed by atoms with E-state index in [2.05, 4.69) is 9.28 Å². The van der Waals surface area contributed by atoms with Crippen LogP contribution in [0.5, 0.6) is 5.88 Å². The predicted octanol–water partition coefficient (Wildman–Crippen LogP) is -0.249. The van der Waals surface area contributed by atoms with Gasteiger partial charge in [0.1, 0.15) is 0 Å². The van der Waals surface area contributed by atoms with Gasteiger partial charge in [0, 0.05) is 26.4 Å². The Hall–Kier alpha value is -1.57. The van der Waals surface area contributed by atoms with Gasteiger partial charge < -0.3 is 9.08 Å². The Kier molecular flexibility index (Phi) is 2.98. The average molecular weight is 233 g/mol. The van der Waals surface area contributed by atoms with Gasteiger partial charge in [0.05, 0.1) is 6.26 Å². The summed E-state index contributed by atoms with van der Waals surface area (Å²) in [6.07, 6.45) is 2.22. The maximum Gasteiger partial charge on any atom is 0.344 e. The van der Waals surface area contributed by atoms with Crippen LogP contribution in [0.4, 0.5) is 4.79 Å². The van der Waals surface area contributed by atoms with Crippen molar-refractivity contribution < 1.29 is 17.4 Å². The van der Waals surface area contributed by atoms with Crippen molar-refractivity contribution in [3.8, 4) is 5.88 Å². The largest absolute Gasteiger partial charge is 0.360 e. The number of hydrogen-bond acceptors (Lipinski definition) is 5.